The van der Waals surface area contributed by atoms with Gasteiger partial charge in [-0.2, -0.15) is 4.68 Å². The summed E-state index contributed by atoms with van der Waals surface area (Å²) in [7, 11) is 0. The van der Waals surface area contributed by atoms with Crippen molar-refractivity contribution in [2.45, 2.75) is 18.1 Å². The number of rotatable bonds is 7. The monoisotopic (exact) mass is 426 g/mol. The molecule has 30 heavy (non-hydrogen) atoms. The molecule has 0 spiro atoms. The average Bonchev–Trinajstić information content (AvgIpc) is 3.44. The van der Waals surface area contributed by atoms with Gasteiger partial charge in [0, 0.05) is 11.4 Å². The molecule has 4 rings (SSSR count). The minimum Gasteiger partial charge on any atom is -0.467 e. The Hall–Kier alpha value is -3.60. The zero-order valence-electron chi connectivity index (χ0n) is 15.9. The van der Waals surface area contributed by atoms with Crippen LogP contribution in [0.4, 0.5) is 4.79 Å². The highest BCUT2D eigenvalue weighted by Crippen LogP contribution is 2.30. The second-order valence-electron chi connectivity index (χ2n) is 6.16. The molecule has 1 aromatic carbocycles. The summed E-state index contributed by atoms with van der Waals surface area (Å²) in [6.07, 6.45) is 1.48. The molecule has 2 N–H and O–H groups in total. The Bertz CT molecular complexity index is 1060. The summed E-state index contributed by atoms with van der Waals surface area (Å²) in [5.41, 5.74) is 1.48. The number of thioether (sulfide) groups is 1. The summed E-state index contributed by atoms with van der Waals surface area (Å²) in [4.78, 5) is 25.0. The van der Waals surface area contributed by atoms with Gasteiger partial charge in [0.2, 0.25) is 5.16 Å². The minimum atomic E-state index is -0.756. The number of benzene rings is 1. The van der Waals surface area contributed by atoms with Crippen molar-refractivity contribution in [3.63, 3.8) is 0 Å². The largest absolute Gasteiger partial charge is 0.467 e. The highest BCUT2D eigenvalue weighted by atomic mass is 32.2. The number of hydrogen-bond donors (Lipinski definition) is 2. The molecule has 1 unspecified atom stereocenters. The molecule has 0 saturated carbocycles. The highest BCUT2D eigenvalue weighted by molar-refractivity contribution is 7.99. The number of nitrogens with one attached hydrogen (secondary N) is 2. The number of tetrazole rings is 1. The molecule has 3 heterocycles. The minimum absolute atomic E-state index is 0.202. The molecule has 154 valence electrons. The van der Waals surface area contributed by atoms with Crippen LogP contribution in [0.3, 0.4) is 0 Å². The Morgan fingerprint density at radius 3 is 2.83 bits per heavy atom. The zero-order valence-corrected chi connectivity index (χ0v) is 16.8. The number of aromatic nitrogens is 4. The highest BCUT2D eigenvalue weighted by Gasteiger charge is 2.35. The average molecular weight is 426 g/mol. The predicted octanol–water partition coefficient (Wildman–Crippen LogP) is 2.22. The second-order valence-corrected chi connectivity index (χ2v) is 7.10. The number of esters is 1. The molecule has 11 heteroatoms. The van der Waals surface area contributed by atoms with Crippen molar-refractivity contribution in [3.8, 4) is 5.69 Å². The van der Waals surface area contributed by atoms with Crippen LogP contribution in [0, 0.1) is 0 Å². The molecule has 10 nitrogen and oxygen atoms in total. The normalized spacial score (nSPS) is 16.2. The smallest absolute Gasteiger partial charge is 0.338 e. The third-order valence-electron chi connectivity index (χ3n) is 4.26. The summed E-state index contributed by atoms with van der Waals surface area (Å²) in [5, 5.41) is 17.7. The van der Waals surface area contributed by atoms with Crippen molar-refractivity contribution < 1.29 is 18.7 Å². The standard InChI is InChI=1S/C19H18N6O4S/c1-2-28-17(26)15-13(20-18(27)21-16(15)14-9-6-10-29-14)11-30-19-22-23-24-25(19)12-7-4-3-5-8-12/h3-10,16H,2,11H2,1H3,(H2,20,21,27). The number of urea groups is 1. The van der Waals surface area contributed by atoms with Gasteiger partial charge < -0.3 is 19.8 Å². The molecule has 0 fully saturated rings. The molecule has 0 radical (unpaired) electrons. The van der Waals surface area contributed by atoms with Crippen molar-refractivity contribution in [2.75, 3.05) is 12.4 Å². The maximum atomic E-state index is 12.7. The van der Waals surface area contributed by atoms with E-state index in [0.29, 0.717) is 16.6 Å². The van der Waals surface area contributed by atoms with Crippen LogP contribution >= 0.6 is 11.8 Å². The van der Waals surface area contributed by atoms with Gasteiger partial charge in [0.1, 0.15) is 11.8 Å². The number of para-hydroxylation sites is 1. The number of hydrogen-bond acceptors (Lipinski definition) is 8. The lowest BCUT2D eigenvalue weighted by Gasteiger charge is -2.27. The quantitative estimate of drug-likeness (QED) is 0.435. The Balaban J connectivity index is 1.65. The molecular formula is C19H18N6O4S. The van der Waals surface area contributed by atoms with Crippen LogP contribution in [0.15, 0.2) is 69.6 Å². The van der Waals surface area contributed by atoms with Crippen LogP contribution in [0.25, 0.3) is 5.69 Å². The van der Waals surface area contributed by atoms with E-state index in [1.165, 1.54) is 18.0 Å². The lowest BCUT2D eigenvalue weighted by Crippen LogP contribution is -2.46. The molecular weight excluding hydrogens is 408 g/mol. The fourth-order valence-corrected chi connectivity index (χ4v) is 3.85. The maximum absolute atomic E-state index is 12.7. The van der Waals surface area contributed by atoms with Crippen LogP contribution < -0.4 is 10.6 Å². The number of carbonyl (C=O) groups is 2. The van der Waals surface area contributed by atoms with Crippen LogP contribution in [0.2, 0.25) is 0 Å². The number of amides is 2. The third-order valence-corrected chi connectivity index (χ3v) is 5.21. The first-order valence-electron chi connectivity index (χ1n) is 9.15. The summed E-state index contributed by atoms with van der Waals surface area (Å²) in [6, 6.07) is 11.6. The van der Waals surface area contributed by atoms with E-state index in [4.69, 9.17) is 9.15 Å². The first kappa shape index (κ1) is 19.7. The fourth-order valence-electron chi connectivity index (χ4n) is 2.99. The molecule has 1 aliphatic rings. The van der Waals surface area contributed by atoms with Gasteiger partial charge in [-0.15, -0.1) is 5.10 Å². The second kappa shape index (κ2) is 8.82. The Labute approximate surface area is 175 Å². The summed E-state index contributed by atoms with van der Waals surface area (Å²) < 4.78 is 12.2. The van der Waals surface area contributed by atoms with E-state index in [9.17, 15) is 9.59 Å². The van der Waals surface area contributed by atoms with Crippen LogP contribution in [-0.4, -0.2) is 44.6 Å². The van der Waals surface area contributed by atoms with Gasteiger partial charge in [-0.3, -0.25) is 0 Å². The Morgan fingerprint density at radius 1 is 1.27 bits per heavy atom. The lowest BCUT2D eigenvalue weighted by molar-refractivity contribution is -0.139. The van der Waals surface area contributed by atoms with Crippen molar-refractivity contribution >= 4 is 23.8 Å². The van der Waals surface area contributed by atoms with Gasteiger partial charge >= 0.3 is 12.0 Å². The summed E-state index contributed by atoms with van der Waals surface area (Å²) >= 11 is 1.28. The SMILES string of the molecule is CCOC(=O)C1=C(CSc2nnnn2-c2ccccc2)NC(=O)NC1c1ccco1. The molecule has 0 aliphatic carbocycles. The number of furan rings is 1. The van der Waals surface area contributed by atoms with Crippen molar-refractivity contribution in [3.05, 3.63) is 65.8 Å². The van der Waals surface area contributed by atoms with E-state index in [1.807, 2.05) is 30.3 Å². The molecule has 2 aromatic heterocycles. The van der Waals surface area contributed by atoms with E-state index in [1.54, 1.807) is 23.7 Å². The van der Waals surface area contributed by atoms with Crippen LogP contribution in [0.1, 0.15) is 18.7 Å². The van der Waals surface area contributed by atoms with Gasteiger partial charge in [0.15, 0.2) is 0 Å². The first-order valence-corrected chi connectivity index (χ1v) is 10.1. The maximum Gasteiger partial charge on any atom is 0.338 e. The number of nitrogens with zero attached hydrogens (tertiary/aromatic N) is 4. The van der Waals surface area contributed by atoms with E-state index < -0.39 is 18.0 Å². The van der Waals surface area contributed by atoms with Gasteiger partial charge in [-0.1, -0.05) is 30.0 Å². The van der Waals surface area contributed by atoms with Gasteiger partial charge in [0.05, 0.1) is 24.1 Å². The Kier molecular flexibility index (Phi) is 5.80. The van der Waals surface area contributed by atoms with Crippen molar-refractivity contribution in [1.29, 1.82) is 0 Å². The third kappa shape index (κ3) is 4.06. The number of carbonyl (C=O) groups excluding carboxylic acids is 2. The molecule has 0 saturated heterocycles. The van der Waals surface area contributed by atoms with Crippen LogP contribution in [0.5, 0.6) is 0 Å². The fraction of sp³-hybridized carbons (Fsp3) is 0.211. The van der Waals surface area contributed by atoms with E-state index >= 15 is 0 Å². The first-order chi connectivity index (χ1) is 14.7. The lowest BCUT2D eigenvalue weighted by atomic mass is 10.0. The summed E-state index contributed by atoms with van der Waals surface area (Å²) in [5.74, 6) is 0.139. The molecule has 3 aromatic rings. The Morgan fingerprint density at radius 2 is 2.10 bits per heavy atom. The van der Waals surface area contributed by atoms with E-state index in [2.05, 4.69) is 26.2 Å². The molecule has 1 aliphatic heterocycles. The van der Waals surface area contributed by atoms with Crippen LogP contribution in [-0.2, 0) is 9.53 Å². The van der Waals surface area contributed by atoms with Gasteiger partial charge in [0.25, 0.3) is 0 Å². The van der Waals surface area contributed by atoms with E-state index in [0.717, 1.165) is 5.69 Å². The van der Waals surface area contributed by atoms with Crippen molar-refractivity contribution in [2.24, 2.45) is 0 Å². The van der Waals surface area contributed by atoms with Crippen molar-refractivity contribution in [1.82, 2.24) is 30.8 Å². The van der Waals surface area contributed by atoms with Gasteiger partial charge in [-0.25, -0.2) is 9.59 Å². The topological polar surface area (TPSA) is 124 Å². The summed E-state index contributed by atoms with van der Waals surface area (Å²) in [6.45, 7) is 1.92. The van der Waals surface area contributed by atoms with E-state index in [-0.39, 0.29) is 17.9 Å². The molecule has 0 bridgehead atoms. The predicted molar refractivity (Wildman–Crippen MR) is 107 cm³/mol. The molecule has 1 atom stereocenters. The number of ether oxygens (including phenoxy) is 1. The molecule has 2 amide bonds. The van der Waals surface area contributed by atoms with Gasteiger partial charge in [-0.05, 0) is 41.6 Å². The zero-order chi connectivity index (χ0) is 20.9.